The Balaban J connectivity index is 1.81. The number of amides is 4. The zero-order chi connectivity index (χ0) is 18.2. The Bertz CT molecular complexity index is 727. The maximum absolute atomic E-state index is 12.0. The minimum Gasteiger partial charge on any atom is -0.336 e. The molecular weight excluding hydrogens is 340 g/mol. The van der Waals surface area contributed by atoms with E-state index in [1.165, 1.54) is 11.3 Å². The van der Waals surface area contributed by atoms with E-state index in [0.29, 0.717) is 17.0 Å². The van der Waals surface area contributed by atoms with Gasteiger partial charge in [0.15, 0.2) is 0 Å². The highest BCUT2D eigenvalue weighted by Crippen LogP contribution is 2.07. The highest BCUT2D eigenvalue weighted by Gasteiger charge is 2.10. The molecule has 0 saturated carbocycles. The Morgan fingerprint density at radius 2 is 1.68 bits per heavy atom. The predicted octanol–water partition coefficient (Wildman–Crippen LogP) is 2.03. The van der Waals surface area contributed by atoms with Gasteiger partial charge < -0.3 is 10.6 Å². The van der Waals surface area contributed by atoms with E-state index in [1.807, 2.05) is 13.8 Å². The highest BCUT2D eigenvalue weighted by atomic mass is 32.1. The molecule has 0 unspecified atom stereocenters. The van der Waals surface area contributed by atoms with Crippen molar-refractivity contribution in [1.82, 2.24) is 21.5 Å². The van der Waals surface area contributed by atoms with Gasteiger partial charge in [-0.15, -0.1) is 11.3 Å². The van der Waals surface area contributed by atoms with Crippen LogP contribution in [0.15, 0.2) is 41.8 Å². The summed E-state index contributed by atoms with van der Waals surface area (Å²) in [6.45, 7) is 4.12. The Morgan fingerprint density at radius 1 is 1.00 bits per heavy atom. The Hall–Kier alpha value is -2.87. The molecule has 2 rings (SSSR count). The molecule has 0 spiro atoms. The summed E-state index contributed by atoms with van der Waals surface area (Å²) < 4.78 is 0. The zero-order valence-electron chi connectivity index (χ0n) is 14.0. The summed E-state index contributed by atoms with van der Waals surface area (Å²) >= 11 is 1.29. The second kappa shape index (κ2) is 8.84. The minimum atomic E-state index is -0.415. The molecule has 0 aliphatic carbocycles. The lowest BCUT2D eigenvalue weighted by atomic mass is 10.1. The van der Waals surface area contributed by atoms with E-state index in [4.69, 9.17) is 0 Å². The molecule has 0 fully saturated rings. The van der Waals surface area contributed by atoms with Gasteiger partial charge in [-0.1, -0.05) is 18.2 Å². The van der Waals surface area contributed by atoms with Crippen LogP contribution in [0, 0.1) is 0 Å². The number of carbonyl (C=O) groups excluding carboxylic acids is 3. The van der Waals surface area contributed by atoms with Gasteiger partial charge in [-0.25, -0.2) is 4.79 Å². The van der Waals surface area contributed by atoms with Crippen LogP contribution < -0.4 is 21.5 Å². The third-order valence-corrected chi connectivity index (χ3v) is 3.99. The van der Waals surface area contributed by atoms with Gasteiger partial charge in [-0.3, -0.25) is 20.4 Å². The normalized spacial score (nSPS) is 10.2. The van der Waals surface area contributed by atoms with Crippen LogP contribution in [0.4, 0.5) is 4.79 Å². The van der Waals surface area contributed by atoms with Crippen LogP contribution in [0.25, 0.3) is 0 Å². The second-order valence-corrected chi connectivity index (χ2v) is 6.51. The molecule has 0 aliphatic heterocycles. The van der Waals surface area contributed by atoms with Crippen molar-refractivity contribution in [3.8, 4) is 0 Å². The molecule has 1 heterocycles. The van der Waals surface area contributed by atoms with Gasteiger partial charge in [0.1, 0.15) is 0 Å². The van der Waals surface area contributed by atoms with Crippen molar-refractivity contribution in [3.63, 3.8) is 0 Å². The van der Waals surface area contributed by atoms with E-state index >= 15 is 0 Å². The Kier molecular flexibility index (Phi) is 6.53. The first kappa shape index (κ1) is 18.5. The summed E-state index contributed by atoms with van der Waals surface area (Å²) in [5, 5.41) is 7.24. The number of benzene rings is 1. The number of rotatable bonds is 5. The topological polar surface area (TPSA) is 99.3 Å². The fraction of sp³-hybridized carbons (Fsp3) is 0.235. The molecule has 25 heavy (non-hydrogen) atoms. The molecule has 0 atom stereocenters. The molecule has 8 heteroatoms. The molecule has 0 saturated heterocycles. The van der Waals surface area contributed by atoms with Crippen molar-refractivity contribution < 1.29 is 14.4 Å². The third-order valence-electron chi connectivity index (χ3n) is 3.12. The number of nitrogens with one attached hydrogen (secondary N) is 4. The maximum atomic E-state index is 12.0. The van der Waals surface area contributed by atoms with Crippen molar-refractivity contribution >= 4 is 29.2 Å². The van der Waals surface area contributed by atoms with Crippen molar-refractivity contribution in [3.05, 3.63) is 57.8 Å². The summed E-state index contributed by atoms with van der Waals surface area (Å²) in [6.07, 6.45) is 0. The molecule has 2 aromatic rings. The first-order valence-electron chi connectivity index (χ1n) is 7.73. The van der Waals surface area contributed by atoms with Crippen LogP contribution in [0.3, 0.4) is 0 Å². The number of hydrogen-bond acceptors (Lipinski definition) is 4. The van der Waals surface area contributed by atoms with E-state index in [9.17, 15) is 14.4 Å². The summed E-state index contributed by atoms with van der Waals surface area (Å²) in [6, 6.07) is 9.99. The summed E-state index contributed by atoms with van der Waals surface area (Å²) in [7, 11) is 0. The molecule has 1 aromatic carbocycles. The van der Waals surface area contributed by atoms with Crippen LogP contribution >= 0.6 is 11.3 Å². The standard InChI is InChI=1S/C17H20N4O3S/c1-11(2)19-17(24)18-10-12-5-7-13(8-6-12)15(22)20-21-16(23)14-4-3-9-25-14/h3-9,11H,10H2,1-2H3,(H,20,22)(H,21,23)(H2,18,19,24). The fourth-order valence-corrected chi connectivity index (χ4v) is 2.54. The Labute approximate surface area is 149 Å². The van der Waals surface area contributed by atoms with Crippen molar-refractivity contribution in [2.45, 2.75) is 26.4 Å². The lowest BCUT2D eigenvalue weighted by Crippen LogP contribution is -2.41. The fourth-order valence-electron chi connectivity index (χ4n) is 1.92. The van der Waals surface area contributed by atoms with Gasteiger partial charge in [0.05, 0.1) is 4.88 Å². The van der Waals surface area contributed by atoms with E-state index in [0.717, 1.165) is 5.56 Å². The van der Waals surface area contributed by atoms with Crippen molar-refractivity contribution in [2.24, 2.45) is 0 Å². The molecular formula is C17H20N4O3S. The zero-order valence-corrected chi connectivity index (χ0v) is 14.8. The first-order chi connectivity index (χ1) is 12.0. The van der Waals surface area contributed by atoms with Crippen LogP contribution in [0.5, 0.6) is 0 Å². The van der Waals surface area contributed by atoms with Crippen LogP contribution in [-0.2, 0) is 6.54 Å². The Morgan fingerprint density at radius 3 is 2.28 bits per heavy atom. The maximum Gasteiger partial charge on any atom is 0.315 e. The monoisotopic (exact) mass is 360 g/mol. The number of thiophene rings is 1. The van der Waals surface area contributed by atoms with Gasteiger partial charge in [-0.05, 0) is 43.0 Å². The number of carbonyl (C=O) groups is 3. The largest absolute Gasteiger partial charge is 0.336 e. The van der Waals surface area contributed by atoms with Gasteiger partial charge in [-0.2, -0.15) is 0 Å². The van der Waals surface area contributed by atoms with E-state index in [2.05, 4.69) is 21.5 Å². The van der Waals surface area contributed by atoms with Gasteiger partial charge in [0.2, 0.25) is 0 Å². The number of hydrogen-bond donors (Lipinski definition) is 4. The lowest BCUT2D eigenvalue weighted by Gasteiger charge is -2.10. The molecule has 7 nitrogen and oxygen atoms in total. The molecule has 0 aliphatic rings. The molecule has 132 valence electrons. The second-order valence-electron chi connectivity index (χ2n) is 5.56. The molecule has 4 amide bonds. The smallest absolute Gasteiger partial charge is 0.315 e. The summed E-state index contributed by atoms with van der Waals surface area (Å²) in [4.78, 5) is 35.8. The van der Waals surface area contributed by atoms with E-state index in [1.54, 1.807) is 41.8 Å². The van der Waals surface area contributed by atoms with Crippen molar-refractivity contribution in [1.29, 1.82) is 0 Å². The highest BCUT2D eigenvalue weighted by molar-refractivity contribution is 7.12. The van der Waals surface area contributed by atoms with E-state index < -0.39 is 5.91 Å². The van der Waals surface area contributed by atoms with Crippen LogP contribution in [-0.4, -0.2) is 23.9 Å². The molecule has 0 bridgehead atoms. The average Bonchev–Trinajstić information content (AvgIpc) is 3.12. The van der Waals surface area contributed by atoms with E-state index in [-0.39, 0.29) is 18.0 Å². The first-order valence-corrected chi connectivity index (χ1v) is 8.61. The third kappa shape index (κ3) is 5.92. The number of hydrazine groups is 1. The average molecular weight is 360 g/mol. The van der Waals surface area contributed by atoms with Crippen LogP contribution in [0.1, 0.15) is 39.4 Å². The summed E-state index contributed by atoms with van der Waals surface area (Å²) in [5.41, 5.74) is 5.99. The molecule has 1 aromatic heterocycles. The SMILES string of the molecule is CC(C)NC(=O)NCc1ccc(C(=O)NNC(=O)c2cccs2)cc1. The summed E-state index contributed by atoms with van der Waals surface area (Å²) in [5.74, 6) is -0.776. The molecule has 0 radical (unpaired) electrons. The van der Waals surface area contributed by atoms with Gasteiger partial charge in [0, 0.05) is 18.2 Å². The minimum absolute atomic E-state index is 0.0652. The van der Waals surface area contributed by atoms with Crippen molar-refractivity contribution in [2.75, 3.05) is 0 Å². The van der Waals surface area contributed by atoms with Gasteiger partial charge in [0.25, 0.3) is 11.8 Å². The lowest BCUT2D eigenvalue weighted by molar-refractivity contribution is 0.0849. The molecule has 4 N–H and O–H groups in total. The number of urea groups is 1. The van der Waals surface area contributed by atoms with Crippen LogP contribution in [0.2, 0.25) is 0 Å². The predicted molar refractivity (Wildman–Crippen MR) is 96.2 cm³/mol. The quantitative estimate of drug-likeness (QED) is 0.614. The van der Waals surface area contributed by atoms with Gasteiger partial charge >= 0.3 is 6.03 Å².